The first-order valence-electron chi connectivity index (χ1n) is 5.30. The zero-order valence-electron chi connectivity index (χ0n) is 9.65. The van der Waals surface area contributed by atoms with Crippen LogP contribution in [0, 0.1) is 12.3 Å². The van der Waals surface area contributed by atoms with E-state index in [1.807, 2.05) is 19.1 Å². The molecule has 0 aromatic carbocycles. The molecule has 5 heteroatoms. The van der Waals surface area contributed by atoms with Crippen LogP contribution in [0.2, 0.25) is 4.34 Å². The van der Waals surface area contributed by atoms with Gasteiger partial charge in [-0.3, -0.25) is 4.79 Å². The predicted octanol–water partition coefficient (Wildman–Crippen LogP) is 2.10. The standard InChI is InChI=1S/C12H15ClN2OS/c1-3-5-10(14)12(16)15(4-2)8-9-6-7-11(13)17-9/h1,6-7,10H,4-5,8,14H2,2H3. The first kappa shape index (κ1) is 14.0. The molecule has 1 atom stereocenters. The maximum Gasteiger partial charge on any atom is 0.240 e. The van der Waals surface area contributed by atoms with Gasteiger partial charge in [-0.2, -0.15) is 0 Å². The summed E-state index contributed by atoms with van der Waals surface area (Å²) in [6.45, 7) is 3.05. The van der Waals surface area contributed by atoms with Crippen molar-refractivity contribution in [1.29, 1.82) is 0 Å². The summed E-state index contributed by atoms with van der Waals surface area (Å²) in [6.07, 6.45) is 5.41. The molecule has 17 heavy (non-hydrogen) atoms. The maximum atomic E-state index is 12.0. The molecule has 1 rings (SSSR count). The van der Waals surface area contributed by atoms with Gasteiger partial charge in [0.25, 0.3) is 0 Å². The number of hydrogen-bond acceptors (Lipinski definition) is 3. The third kappa shape index (κ3) is 4.04. The quantitative estimate of drug-likeness (QED) is 0.833. The fourth-order valence-electron chi connectivity index (χ4n) is 1.42. The van der Waals surface area contributed by atoms with Crippen molar-refractivity contribution >= 4 is 28.8 Å². The Kier molecular flexibility index (Phi) is 5.49. The Labute approximate surface area is 111 Å². The van der Waals surface area contributed by atoms with E-state index in [1.54, 1.807) is 4.90 Å². The molecule has 1 unspecified atom stereocenters. The molecule has 0 bridgehead atoms. The van der Waals surface area contributed by atoms with Crippen LogP contribution in [-0.2, 0) is 11.3 Å². The van der Waals surface area contributed by atoms with Gasteiger partial charge in [-0.05, 0) is 19.1 Å². The van der Waals surface area contributed by atoms with Gasteiger partial charge in [0.1, 0.15) is 0 Å². The van der Waals surface area contributed by atoms with E-state index in [9.17, 15) is 4.79 Å². The molecule has 92 valence electrons. The molecule has 0 aliphatic rings. The van der Waals surface area contributed by atoms with Crippen molar-refractivity contribution in [2.75, 3.05) is 6.54 Å². The van der Waals surface area contributed by atoms with E-state index in [-0.39, 0.29) is 12.3 Å². The largest absolute Gasteiger partial charge is 0.336 e. The first-order chi connectivity index (χ1) is 8.08. The van der Waals surface area contributed by atoms with E-state index in [2.05, 4.69) is 5.92 Å². The van der Waals surface area contributed by atoms with Crippen molar-refractivity contribution in [2.45, 2.75) is 25.9 Å². The molecule has 1 heterocycles. The van der Waals surface area contributed by atoms with E-state index in [4.69, 9.17) is 23.8 Å². The lowest BCUT2D eigenvalue weighted by molar-refractivity contribution is -0.132. The summed E-state index contributed by atoms with van der Waals surface area (Å²) in [5.41, 5.74) is 5.71. The Morgan fingerprint density at radius 2 is 2.41 bits per heavy atom. The zero-order chi connectivity index (χ0) is 12.8. The minimum Gasteiger partial charge on any atom is -0.336 e. The highest BCUT2D eigenvalue weighted by molar-refractivity contribution is 7.16. The highest BCUT2D eigenvalue weighted by atomic mass is 35.5. The number of rotatable bonds is 5. The van der Waals surface area contributed by atoms with Gasteiger partial charge in [0, 0.05) is 17.8 Å². The molecular weight excluding hydrogens is 256 g/mol. The fraction of sp³-hybridized carbons (Fsp3) is 0.417. The molecule has 0 aliphatic carbocycles. The molecule has 1 amide bonds. The number of nitrogens with zero attached hydrogens (tertiary/aromatic N) is 1. The smallest absolute Gasteiger partial charge is 0.240 e. The van der Waals surface area contributed by atoms with Gasteiger partial charge in [-0.25, -0.2) is 0 Å². The molecule has 0 fully saturated rings. The van der Waals surface area contributed by atoms with E-state index in [1.165, 1.54) is 11.3 Å². The summed E-state index contributed by atoms with van der Waals surface area (Å²) in [4.78, 5) is 14.7. The summed E-state index contributed by atoms with van der Waals surface area (Å²) in [5.74, 6) is 2.29. The Hall–Kier alpha value is -1.02. The van der Waals surface area contributed by atoms with Gasteiger partial charge >= 0.3 is 0 Å². The molecular formula is C12H15ClN2OS. The minimum atomic E-state index is -0.615. The number of carbonyl (C=O) groups is 1. The monoisotopic (exact) mass is 270 g/mol. The highest BCUT2D eigenvalue weighted by Gasteiger charge is 2.19. The average molecular weight is 271 g/mol. The molecule has 0 saturated carbocycles. The van der Waals surface area contributed by atoms with Gasteiger partial charge in [-0.1, -0.05) is 11.6 Å². The summed E-state index contributed by atoms with van der Waals surface area (Å²) < 4.78 is 0.719. The van der Waals surface area contributed by atoms with Crippen molar-refractivity contribution in [3.05, 3.63) is 21.3 Å². The number of likely N-dealkylation sites (N-methyl/N-ethyl adjacent to an activating group) is 1. The number of terminal acetylenes is 1. The van der Waals surface area contributed by atoms with Crippen LogP contribution in [0.15, 0.2) is 12.1 Å². The maximum absolute atomic E-state index is 12.0. The Bertz CT molecular complexity index is 424. The molecule has 1 aromatic heterocycles. The van der Waals surface area contributed by atoms with Crippen LogP contribution < -0.4 is 5.73 Å². The van der Waals surface area contributed by atoms with Crippen LogP contribution >= 0.6 is 22.9 Å². The van der Waals surface area contributed by atoms with Gasteiger partial charge in [0.2, 0.25) is 5.91 Å². The zero-order valence-corrected chi connectivity index (χ0v) is 11.2. The fourth-order valence-corrected chi connectivity index (χ4v) is 2.52. The van der Waals surface area contributed by atoms with Crippen LogP contribution in [0.4, 0.5) is 0 Å². The van der Waals surface area contributed by atoms with Crippen LogP contribution in [-0.4, -0.2) is 23.4 Å². The molecule has 3 nitrogen and oxygen atoms in total. The van der Waals surface area contributed by atoms with Crippen LogP contribution in [0.5, 0.6) is 0 Å². The lowest BCUT2D eigenvalue weighted by atomic mass is 10.2. The van der Waals surface area contributed by atoms with Crippen molar-refractivity contribution < 1.29 is 4.79 Å². The van der Waals surface area contributed by atoms with Crippen LogP contribution in [0.1, 0.15) is 18.2 Å². The molecule has 2 N–H and O–H groups in total. The predicted molar refractivity (Wildman–Crippen MR) is 71.8 cm³/mol. The van der Waals surface area contributed by atoms with E-state index < -0.39 is 6.04 Å². The molecule has 0 saturated heterocycles. The Morgan fingerprint density at radius 3 is 2.88 bits per heavy atom. The first-order valence-corrected chi connectivity index (χ1v) is 6.50. The summed E-state index contributed by atoms with van der Waals surface area (Å²) in [6, 6.07) is 3.12. The summed E-state index contributed by atoms with van der Waals surface area (Å²) in [5, 5.41) is 0. The normalized spacial score (nSPS) is 11.9. The van der Waals surface area contributed by atoms with Crippen molar-refractivity contribution in [1.82, 2.24) is 4.90 Å². The van der Waals surface area contributed by atoms with Crippen LogP contribution in [0.3, 0.4) is 0 Å². The average Bonchev–Trinajstić information content (AvgIpc) is 2.71. The van der Waals surface area contributed by atoms with Crippen LogP contribution in [0.25, 0.3) is 0 Å². The highest BCUT2D eigenvalue weighted by Crippen LogP contribution is 2.22. The number of hydrogen-bond donors (Lipinski definition) is 1. The second kappa shape index (κ2) is 6.65. The van der Waals surface area contributed by atoms with E-state index >= 15 is 0 Å². The SMILES string of the molecule is C#CCC(N)C(=O)N(CC)Cc1ccc(Cl)s1. The second-order valence-electron chi connectivity index (χ2n) is 3.57. The second-order valence-corrected chi connectivity index (χ2v) is 5.37. The number of carbonyl (C=O) groups excluding carboxylic acids is 1. The number of amides is 1. The van der Waals surface area contributed by atoms with Crippen molar-refractivity contribution in [3.8, 4) is 12.3 Å². The lowest BCUT2D eigenvalue weighted by Crippen LogP contribution is -2.43. The summed E-state index contributed by atoms with van der Waals surface area (Å²) >= 11 is 7.31. The Morgan fingerprint density at radius 1 is 1.71 bits per heavy atom. The summed E-state index contributed by atoms with van der Waals surface area (Å²) in [7, 11) is 0. The third-order valence-corrected chi connectivity index (χ3v) is 3.54. The number of nitrogens with two attached hydrogens (primary N) is 1. The molecule has 1 aromatic rings. The number of thiophene rings is 1. The van der Waals surface area contributed by atoms with E-state index in [0.29, 0.717) is 13.1 Å². The number of halogens is 1. The van der Waals surface area contributed by atoms with Gasteiger partial charge in [0.05, 0.1) is 16.9 Å². The van der Waals surface area contributed by atoms with Crippen molar-refractivity contribution in [3.63, 3.8) is 0 Å². The van der Waals surface area contributed by atoms with E-state index in [0.717, 1.165) is 9.21 Å². The molecule has 0 radical (unpaired) electrons. The third-order valence-electron chi connectivity index (χ3n) is 2.32. The lowest BCUT2D eigenvalue weighted by Gasteiger charge is -2.22. The van der Waals surface area contributed by atoms with Gasteiger partial charge in [0.15, 0.2) is 0 Å². The van der Waals surface area contributed by atoms with Gasteiger partial charge in [-0.15, -0.1) is 23.7 Å². The van der Waals surface area contributed by atoms with Gasteiger partial charge < -0.3 is 10.6 Å². The molecule has 0 aliphatic heterocycles. The van der Waals surface area contributed by atoms with Crippen molar-refractivity contribution in [2.24, 2.45) is 5.73 Å². The topological polar surface area (TPSA) is 46.3 Å². The molecule has 0 spiro atoms. The minimum absolute atomic E-state index is 0.116. The Balaban J connectivity index is 2.65.